The van der Waals surface area contributed by atoms with Gasteiger partial charge in [0.15, 0.2) is 5.11 Å². The van der Waals surface area contributed by atoms with Crippen LogP contribution < -0.4 is 16.6 Å². The monoisotopic (exact) mass is 206 g/mol. The number of nitrogens with two attached hydrogens (primary N) is 2. The van der Waals surface area contributed by atoms with Crippen LogP contribution in [0.1, 0.15) is 0 Å². The summed E-state index contributed by atoms with van der Waals surface area (Å²) in [7, 11) is 0. The molecule has 0 bridgehead atoms. The Morgan fingerprint density at radius 1 is 1.36 bits per heavy atom. The molecule has 14 heavy (non-hydrogen) atoms. The van der Waals surface area contributed by atoms with E-state index in [1.807, 2.05) is 30.3 Å². The van der Waals surface area contributed by atoms with Crippen LogP contribution in [0.4, 0.5) is 5.82 Å². The van der Waals surface area contributed by atoms with Crippen LogP contribution in [0.15, 0.2) is 30.3 Å². The predicted molar refractivity (Wildman–Crippen MR) is 61.8 cm³/mol. The van der Waals surface area contributed by atoms with Crippen molar-refractivity contribution in [3.05, 3.63) is 30.3 Å². The molecule has 5 heteroatoms. The number of thiocarbonyl (C=S) groups is 1. The van der Waals surface area contributed by atoms with Gasteiger partial charge in [0.1, 0.15) is 5.82 Å². The molecule has 0 spiro atoms. The SMILES string of the molecule is NC(=S)N(N)c1cc2ccccc2[nH]1. The Hall–Kier alpha value is -1.59. The van der Waals surface area contributed by atoms with Crippen LogP contribution >= 0.6 is 12.2 Å². The first-order chi connectivity index (χ1) is 6.68. The van der Waals surface area contributed by atoms with Crippen molar-refractivity contribution >= 4 is 34.1 Å². The van der Waals surface area contributed by atoms with Gasteiger partial charge in [0.25, 0.3) is 0 Å². The molecule has 72 valence electrons. The largest absolute Gasteiger partial charge is 0.375 e. The van der Waals surface area contributed by atoms with Crippen molar-refractivity contribution in [1.29, 1.82) is 0 Å². The van der Waals surface area contributed by atoms with Gasteiger partial charge in [-0.2, -0.15) is 0 Å². The van der Waals surface area contributed by atoms with Crippen LogP contribution in [-0.2, 0) is 0 Å². The number of fused-ring (bicyclic) bond motifs is 1. The molecule has 5 N–H and O–H groups in total. The smallest absolute Gasteiger partial charge is 0.186 e. The number of hydrogen-bond acceptors (Lipinski definition) is 2. The van der Waals surface area contributed by atoms with Gasteiger partial charge in [-0.15, -0.1) is 0 Å². The number of anilines is 1. The van der Waals surface area contributed by atoms with E-state index in [1.54, 1.807) is 0 Å². The number of aromatic amines is 1. The summed E-state index contributed by atoms with van der Waals surface area (Å²) in [5.74, 6) is 6.33. The van der Waals surface area contributed by atoms with Gasteiger partial charge >= 0.3 is 0 Å². The Labute approximate surface area is 86.5 Å². The maximum absolute atomic E-state index is 5.64. The van der Waals surface area contributed by atoms with Crippen LogP contribution in [0, 0.1) is 0 Å². The highest BCUT2D eigenvalue weighted by Gasteiger charge is 2.06. The molecule has 0 aliphatic heterocycles. The summed E-state index contributed by atoms with van der Waals surface area (Å²) in [4.78, 5) is 3.11. The predicted octanol–water partition coefficient (Wildman–Crippen LogP) is 1.09. The van der Waals surface area contributed by atoms with E-state index in [0.29, 0.717) is 5.82 Å². The minimum Gasteiger partial charge on any atom is -0.375 e. The highest BCUT2D eigenvalue weighted by atomic mass is 32.1. The molecule has 0 amide bonds. The van der Waals surface area contributed by atoms with Gasteiger partial charge < -0.3 is 10.7 Å². The van der Waals surface area contributed by atoms with Gasteiger partial charge in [-0.25, -0.2) is 10.9 Å². The lowest BCUT2D eigenvalue weighted by Gasteiger charge is -2.12. The lowest BCUT2D eigenvalue weighted by Crippen LogP contribution is -2.41. The molecule has 0 radical (unpaired) electrons. The topological polar surface area (TPSA) is 71.1 Å². The summed E-state index contributed by atoms with van der Waals surface area (Å²) in [6.45, 7) is 0. The average molecular weight is 206 g/mol. The van der Waals surface area contributed by atoms with Crippen molar-refractivity contribution in [1.82, 2.24) is 4.98 Å². The van der Waals surface area contributed by atoms with Gasteiger partial charge in [-0.3, -0.25) is 0 Å². The number of para-hydroxylation sites is 1. The molecule has 2 rings (SSSR count). The van der Waals surface area contributed by atoms with E-state index in [2.05, 4.69) is 4.98 Å². The van der Waals surface area contributed by atoms with Crippen molar-refractivity contribution < 1.29 is 0 Å². The average Bonchev–Trinajstić information content (AvgIpc) is 2.59. The Bertz CT molecular complexity index is 443. The summed E-state index contributed by atoms with van der Waals surface area (Å²) in [6.07, 6.45) is 0. The highest BCUT2D eigenvalue weighted by Crippen LogP contribution is 2.19. The number of benzene rings is 1. The molecule has 0 saturated carbocycles. The first-order valence-corrected chi connectivity index (χ1v) is 4.51. The first kappa shape index (κ1) is 8.98. The molecule has 1 aromatic carbocycles. The molecule has 2 aromatic rings. The van der Waals surface area contributed by atoms with E-state index in [9.17, 15) is 0 Å². The minimum atomic E-state index is 0.136. The first-order valence-electron chi connectivity index (χ1n) is 4.10. The number of nitrogens with zero attached hydrogens (tertiary/aromatic N) is 1. The highest BCUT2D eigenvalue weighted by molar-refractivity contribution is 7.80. The van der Waals surface area contributed by atoms with Gasteiger partial charge in [-0.1, -0.05) is 18.2 Å². The molecule has 1 aromatic heterocycles. The van der Waals surface area contributed by atoms with E-state index in [4.69, 9.17) is 23.8 Å². The Morgan fingerprint density at radius 3 is 2.71 bits per heavy atom. The Kier molecular flexibility index (Phi) is 2.11. The van der Waals surface area contributed by atoms with Crippen molar-refractivity contribution in [2.45, 2.75) is 0 Å². The van der Waals surface area contributed by atoms with E-state index >= 15 is 0 Å². The van der Waals surface area contributed by atoms with Gasteiger partial charge in [0, 0.05) is 10.9 Å². The summed E-state index contributed by atoms with van der Waals surface area (Å²) in [5.41, 5.74) is 6.41. The van der Waals surface area contributed by atoms with E-state index < -0.39 is 0 Å². The maximum Gasteiger partial charge on any atom is 0.186 e. The van der Waals surface area contributed by atoms with E-state index in [-0.39, 0.29) is 5.11 Å². The summed E-state index contributed by atoms with van der Waals surface area (Å²) in [6, 6.07) is 9.76. The zero-order valence-corrected chi connectivity index (χ0v) is 8.21. The van der Waals surface area contributed by atoms with Crippen LogP contribution in [0.25, 0.3) is 10.9 Å². The number of hydrazine groups is 1. The second-order valence-corrected chi connectivity index (χ2v) is 3.37. The third-order valence-electron chi connectivity index (χ3n) is 2.01. The summed E-state index contributed by atoms with van der Waals surface area (Å²) >= 11 is 4.76. The van der Waals surface area contributed by atoms with Crippen molar-refractivity contribution in [2.75, 3.05) is 5.01 Å². The molecule has 1 heterocycles. The Morgan fingerprint density at radius 2 is 2.07 bits per heavy atom. The molecule has 0 aliphatic carbocycles. The lowest BCUT2D eigenvalue weighted by atomic mass is 10.2. The fourth-order valence-electron chi connectivity index (χ4n) is 1.31. The third-order valence-corrected chi connectivity index (χ3v) is 2.21. The summed E-state index contributed by atoms with van der Waals surface area (Å²) < 4.78 is 0. The van der Waals surface area contributed by atoms with Crippen LogP contribution in [0.5, 0.6) is 0 Å². The van der Waals surface area contributed by atoms with Crippen LogP contribution in [0.2, 0.25) is 0 Å². The second-order valence-electron chi connectivity index (χ2n) is 2.95. The fourth-order valence-corrected chi connectivity index (χ4v) is 1.40. The zero-order chi connectivity index (χ0) is 10.1. The second kappa shape index (κ2) is 3.28. The lowest BCUT2D eigenvalue weighted by molar-refractivity contribution is 1.10. The number of rotatable bonds is 1. The van der Waals surface area contributed by atoms with E-state index in [1.165, 1.54) is 5.01 Å². The normalized spacial score (nSPS) is 10.4. The number of H-pyrrole nitrogens is 1. The van der Waals surface area contributed by atoms with Gasteiger partial charge in [0.2, 0.25) is 0 Å². The number of nitrogens with one attached hydrogen (secondary N) is 1. The van der Waals surface area contributed by atoms with Crippen LogP contribution in [-0.4, -0.2) is 10.1 Å². The molecule has 0 unspecified atom stereocenters. The molecular weight excluding hydrogens is 196 g/mol. The molecule has 0 atom stereocenters. The minimum absolute atomic E-state index is 0.136. The molecule has 0 aliphatic rings. The number of aromatic nitrogens is 1. The van der Waals surface area contributed by atoms with Crippen molar-refractivity contribution in [3.63, 3.8) is 0 Å². The Balaban J connectivity index is 2.50. The molecule has 0 fully saturated rings. The standard InChI is InChI=1S/C9H10N4S/c10-9(14)13(11)8-5-6-3-1-2-4-7(6)12-8/h1-5,12H,11H2,(H2,10,14). The van der Waals surface area contributed by atoms with Gasteiger partial charge in [0.05, 0.1) is 0 Å². The van der Waals surface area contributed by atoms with Crippen LogP contribution in [0.3, 0.4) is 0 Å². The molecular formula is C9H10N4S. The quantitative estimate of drug-likeness (QED) is 0.371. The van der Waals surface area contributed by atoms with Crippen molar-refractivity contribution in [3.8, 4) is 0 Å². The van der Waals surface area contributed by atoms with Gasteiger partial charge in [-0.05, 0) is 24.4 Å². The maximum atomic E-state index is 5.64. The third kappa shape index (κ3) is 1.43. The number of hydrogen-bond donors (Lipinski definition) is 3. The zero-order valence-electron chi connectivity index (χ0n) is 7.40. The van der Waals surface area contributed by atoms with Crippen molar-refractivity contribution in [2.24, 2.45) is 11.6 Å². The molecule has 4 nitrogen and oxygen atoms in total. The summed E-state index contributed by atoms with van der Waals surface area (Å²) in [5, 5.41) is 2.46. The van der Waals surface area contributed by atoms with E-state index in [0.717, 1.165) is 10.9 Å². The fraction of sp³-hybridized carbons (Fsp3) is 0. The molecule has 0 saturated heterocycles.